The van der Waals surface area contributed by atoms with Gasteiger partial charge >= 0.3 is 0 Å². The number of carbonyl (C=O) groups is 1. The topological polar surface area (TPSA) is 47.6 Å². The highest BCUT2D eigenvalue weighted by Gasteiger charge is 2.21. The Morgan fingerprint density at radius 2 is 2.09 bits per heavy atom. The van der Waals surface area contributed by atoms with E-state index in [9.17, 15) is 4.79 Å². The summed E-state index contributed by atoms with van der Waals surface area (Å²) in [7, 11) is 0. The standard InChI is InChI=1S/C16H13BrClNO3/c1-9(11-4-2-3-5-12(11)17)19-16(20)10-6-13(18)15-14(7-10)21-8-22-15/h2-7,9H,8H2,1H3,(H,19,20). The van der Waals surface area contributed by atoms with Crippen LogP contribution in [0, 0.1) is 0 Å². The first-order valence-electron chi connectivity index (χ1n) is 6.70. The molecule has 0 bridgehead atoms. The molecule has 0 aliphatic carbocycles. The third-order valence-corrected chi connectivity index (χ3v) is 4.41. The van der Waals surface area contributed by atoms with Crippen molar-refractivity contribution in [2.45, 2.75) is 13.0 Å². The lowest BCUT2D eigenvalue weighted by Crippen LogP contribution is -2.26. The van der Waals surface area contributed by atoms with Gasteiger partial charge < -0.3 is 14.8 Å². The van der Waals surface area contributed by atoms with Crippen LogP contribution in [-0.2, 0) is 0 Å². The fourth-order valence-corrected chi connectivity index (χ4v) is 3.18. The number of ether oxygens (including phenoxy) is 2. The Kier molecular flexibility index (Phi) is 4.27. The second-order valence-electron chi connectivity index (χ2n) is 4.91. The minimum absolute atomic E-state index is 0.119. The fraction of sp³-hybridized carbons (Fsp3) is 0.188. The van der Waals surface area contributed by atoms with Gasteiger partial charge in [-0.05, 0) is 30.7 Å². The molecule has 0 radical (unpaired) electrons. The van der Waals surface area contributed by atoms with E-state index in [-0.39, 0.29) is 18.7 Å². The molecule has 1 amide bonds. The molecule has 0 saturated heterocycles. The maximum Gasteiger partial charge on any atom is 0.251 e. The number of amides is 1. The summed E-state index contributed by atoms with van der Waals surface area (Å²) in [5, 5.41) is 3.32. The summed E-state index contributed by atoms with van der Waals surface area (Å²) >= 11 is 9.59. The summed E-state index contributed by atoms with van der Waals surface area (Å²) in [6, 6.07) is 10.8. The van der Waals surface area contributed by atoms with Gasteiger partial charge in [-0.2, -0.15) is 0 Å². The maximum atomic E-state index is 12.4. The Morgan fingerprint density at radius 3 is 2.86 bits per heavy atom. The predicted molar refractivity (Wildman–Crippen MR) is 87.6 cm³/mol. The van der Waals surface area contributed by atoms with E-state index in [4.69, 9.17) is 21.1 Å². The summed E-state index contributed by atoms with van der Waals surface area (Å²) in [6.07, 6.45) is 0. The summed E-state index contributed by atoms with van der Waals surface area (Å²) in [4.78, 5) is 12.4. The summed E-state index contributed by atoms with van der Waals surface area (Å²) in [6.45, 7) is 2.04. The maximum absolute atomic E-state index is 12.4. The van der Waals surface area contributed by atoms with Crippen molar-refractivity contribution in [2.75, 3.05) is 6.79 Å². The molecule has 2 aromatic carbocycles. The van der Waals surface area contributed by atoms with E-state index < -0.39 is 0 Å². The molecule has 2 aromatic rings. The molecule has 1 unspecified atom stereocenters. The lowest BCUT2D eigenvalue weighted by molar-refractivity contribution is 0.0939. The van der Waals surface area contributed by atoms with Gasteiger partial charge in [0.25, 0.3) is 5.91 Å². The van der Waals surface area contributed by atoms with Crippen LogP contribution in [-0.4, -0.2) is 12.7 Å². The number of fused-ring (bicyclic) bond motifs is 1. The molecule has 0 spiro atoms. The lowest BCUT2D eigenvalue weighted by Gasteiger charge is -2.16. The van der Waals surface area contributed by atoms with E-state index in [2.05, 4.69) is 21.2 Å². The van der Waals surface area contributed by atoms with Crippen LogP contribution in [0.25, 0.3) is 0 Å². The predicted octanol–water partition coefficient (Wildman–Crippen LogP) is 4.32. The van der Waals surface area contributed by atoms with Crippen LogP contribution in [0.4, 0.5) is 0 Å². The van der Waals surface area contributed by atoms with Gasteiger partial charge in [-0.1, -0.05) is 45.7 Å². The molecule has 1 aliphatic rings. The van der Waals surface area contributed by atoms with Gasteiger partial charge in [-0.3, -0.25) is 4.79 Å². The summed E-state index contributed by atoms with van der Waals surface area (Å²) < 4.78 is 11.5. The minimum atomic E-state index is -0.219. The van der Waals surface area contributed by atoms with Crippen molar-refractivity contribution in [1.29, 1.82) is 0 Å². The number of rotatable bonds is 3. The normalized spacial score (nSPS) is 13.8. The van der Waals surface area contributed by atoms with Crippen molar-refractivity contribution in [2.24, 2.45) is 0 Å². The molecule has 1 aliphatic heterocycles. The summed E-state index contributed by atoms with van der Waals surface area (Å²) in [5.41, 5.74) is 1.44. The fourth-order valence-electron chi connectivity index (χ4n) is 2.28. The Morgan fingerprint density at radius 1 is 1.32 bits per heavy atom. The van der Waals surface area contributed by atoms with Gasteiger partial charge in [-0.15, -0.1) is 0 Å². The smallest absolute Gasteiger partial charge is 0.251 e. The highest BCUT2D eigenvalue weighted by molar-refractivity contribution is 9.10. The van der Waals surface area contributed by atoms with Gasteiger partial charge in [0.15, 0.2) is 11.5 Å². The van der Waals surface area contributed by atoms with Crippen LogP contribution in [0.2, 0.25) is 5.02 Å². The van der Waals surface area contributed by atoms with Crippen LogP contribution in [0.1, 0.15) is 28.9 Å². The van der Waals surface area contributed by atoms with Crippen molar-refractivity contribution >= 4 is 33.4 Å². The van der Waals surface area contributed by atoms with Crippen molar-refractivity contribution in [3.63, 3.8) is 0 Å². The van der Waals surface area contributed by atoms with E-state index in [1.807, 2.05) is 31.2 Å². The van der Waals surface area contributed by atoms with Crippen LogP contribution in [0.5, 0.6) is 11.5 Å². The molecule has 0 saturated carbocycles. The van der Waals surface area contributed by atoms with Crippen LogP contribution in [0.15, 0.2) is 40.9 Å². The number of halogens is 2. The van der Waals surface area contributed by atoms with Crippen molar-refractivity contribution < 1.29 is 14.3 Å². The number of carbonyl (C=O) groups excluding carboxylic acids is 1. The Balaban J connectivity index is 1.80. The first kappa shape index (κ1) is 15.2. The molecule has 1 atom stereocenters. The van der Waals surface area contributed by atoms with Crippen LogP contribution >= 0.6 is 27.5 Å². The number of benzene rings is 2. The monoisotopic (exact) mass is 381 g/mol. The average molecular weight is 383 g/mol. The van der Waals surface area contributed by atoms with E-state index >= 15 is 0 Å². The van der Waals surface area contributed by atoms with Crippen LogP contribution in [0.3, 0.4) is 0 Å². The molecule has 6 heteroatoms. The zero-order valence-corrected chi connectivity index (χ0v) is 14.1. The van der Waals surface area contributed by atoms with E-state index in [1.165, 1.54) is 0 Å². The Hall–Kier alpha value is -1.72. The molecule has 0 fully saturated rings. The second-order valence-corrected chi connectivity index (χ2v) is 6.17. The molecule has 0 aromatic heterocycles. The van der Waals surface area contributed by atoms with Gasteiger partial charge in [0.05, 0.1) is 11.1 Å². The average Bonchev–Trinajstić information content (AvgIpc) is 2.96. The zero-order chi connectivity index (χ0) is 15.7. The molecule has 114 valence electrons. The second kappa shape index (κ2) is 6.18. The van der Waals surface area contributed by atoms with E-state index in [0.717, 1.165) is 10.0 Å². The molecule has 22 heavy (non-hydrogen) atoms. The molecule has 1 N–H and O–H groups in total. The summed E-state index contributed by atoms with van der Waals surface area (Å²) in [5.74, 6) is 0.756. The largest absolute Gasteiger partial charge is 0.454 e. The molecular weight excluding hydrogens is 370 g/mol. The third kappa shape index (κ3) is 2.91. The van der Waals surface area contributed by atoms with E-state index in [1.54, 1.807) is 12.1 Å². The highest BCUT2D eigenvalue weighted by atomic mass is 79.9. The van der Waals surface area contributed by atoms with Gasteiger partial charge in [0.2, 0.25) is 6.79 Å². The number of hydrogen-bond acceptors (Lipinski definition) is 3. The Bertz CT molecular complexity index is 735. The third-order valence-electron chi connectivity index (χ3n) is 3.41. The van der Waals surface area contributed by atoms with Crippen molar-refractivity contribution in [3.05, 3.63) is 57.0 Å². The van der Waals surface area contributed by atoms with Crippen LogP contribution < -0.4 is 14.8 Å². The highest BCUT2D eigenvalue weighted by Crippen LogP contribution is 2.39. The van der Waals surface area contributed by atoms with Crippen molar-refractivity contribution in [3.8, 4) is 11.5 Å². The number of hydrogen-bond donors (Lipinski definition) is 1. The lowest BCUT2D eigenvalue weighted by atomic mass is 10.1. The number of nitrogens with one attached hydrogen (secondary N) is 1. The van der Waals surface area contributed by atoms with Crippen molar-refractivity contribution in [1.82, 2.24) is 5.32 Å². The zero-order valence-electron chi connectivity index (χ0n) is 11.7. The SMILES string of the molecule is CC(NC(=O)c1cc(Cl)c2c(c1)OCO2)c1ccccc1Br. The first-order valence-corrected chi connectivity index (χ1v) is 7.88. The minimum Gasteiger partial charge on any atom is -0.454 e. The first-order chi connectivity index (χ1) is 10.6. The van der Waals surface area contributed by atoms with Gasteiger partial charge in [0.1, 0.15) is 0 Å². The molecular formula is C16H13BrClNO3. The molecule has 4 nitrogen and oxygen atoms in total. The molecule has 3 rings (SSSR count). The van der Waals surface area contributed by atoms with Gasteiger partial charge in [0, 0.05) is 10.0 Å². The van der Waals surface area contributed by atoms with Gasteiger partial charge in [-0.25, -0.2) is 0 Å². The quantitative estimate of drug-likeness (QED) is 0.860. The molecule has 1 heterocycles. The Labute approximate surface area is 141 Å². The van der Waals surface area contributed by atoms with E-state index in [0.29, 0.717) is 22.1 Å².